The molecule has 3 fully saturated rings. The summed E-state index contributed by atoms with van der Waals surface area (Å²) in [5, 5.41) is 2.91. The molecule has 0 aromatic heterocycles. The number of rotatable bonds is 4. The molecule has 0 spiro atoms. The molecule has 4 aliphatic carbocycles. The lowest BCUT2D eigenvalue weighted by atomic mass is 9.63. The molecule has 1 saturated heterocycles. The van der Waals surface area contributed by atoms with Crippen LogP contribution in [0.25, 0.3) is 0 Å². The fourth-order valence-electron chi connectivity index (χ4n) is 5.54. The van der Waals surface area contributed by atoms with Crippen LogP contribution in [0.3, 0.4) is 0 Å². The first-order chi connectivity index (χ1) is 13.0. The SMILES string of the molecule is Cc1ccc(C)c(NC(=O)CCN2C(=O)[C@@H]3[C@H]4C=C[C@@H]([C@@H]5C[C@@H]45)[C@H]3C2=O)c1. The number of hydrogen-bond donors (Lipinski definition) is 1. The van der Waals surface area contributed by atoms with Crippen LogP contribution in [0.15, 0.2) is 30.4 Å². The van der Waals surface area contributed by atoms with Crippen LogP contribution >= 0.6 is 0 Å². The first-order valence-electron chi connectivity index (χ1n) is 9.86. The number of hydrogen-bond acceptors (Lipinski definition) is 3. The number of nitrogens with one attached hydrogen (secondary N) is 1. The normalized spacial score (nSPS) is 35.3. The first kappa shape index (κ1) is 16.7. The summed E-state index contributed by atoms with van der Waals surface area (Å²) in [5.41, 5.74) is 2.86. The number of carbonyl (C=O) groups is 3. The molecule has 1 aliphatic heterocycles. The van der Waals surface area contributed by atoms with Crippen LogP contribution in [0.2, 0.25) is 0 Å². The number of imide groups is 1. The molecule has 6 atom stereocenters. The monoisotopic (exact) mass is 364 g/mol. The fraction of sp³-hybridized carbons (Fsp3) is 0.500. The van der Waals surface area contributed by atoms with Gasteiger partial charge in [-0.05, 0) is 61.1 Å². The van der Waals surface area contributed by atoms with Gasteiger partial charge in [0, 0.05) is 18.7 Å². The highest BCUT2D eigenvalue weighted by atomic mass is 16.2. The summed E-state index contributed by atoms with van der Waals surface area (Å²) in [6.07, 6.45) is 5.64. The summed E-state index contributed by atoms with van der Waals surface area (Å²) < 4.78 is 0. The smallest absolute Gasteiger partial charge is 0.233 e. The van der Waals surface area contributed by atoms with Crippen LogP contribution in [-0.4, -0.2) is 29.2 Å². The summed E-state index contributed by atoms with van der Waals surface area (Å²) in [6.45, 7) is 4.10. The van der Waals surface area contributed by atoms with Gasteiger partial charge in [0.05, 0.1) is 11.8 Å². The third-order valence-electron chi connectivity index (χ3n) is 6.98. The second-order valence-corrected chi connectivity index (χ2v) is 8.60. The molecule has 3 amide bonds. The third kappa shape index (κ3) is 2.47. The van der Waals surface area contributed by atoms with Crippen LogP contribution in [0.5, 0.6) is 0 Å². The maximum Gasteiger partial charge on any atom is 0.233 e. The molecule has 5 nitrogen and oxygen atoms in total. The molecule has 5 heteroatoms. The van der Waals surface area contributed by atoms with Gasteiger partial charge in [-0.2, -0.15) is 0 Å². The number of allylic oxidation sites excluding steroid dienone is 2. The maximum absolute atomic E-state index is 12.9. The van der Waals surface area contributed by atoms with Crippen molar-refractivity contribution >= 4 is 23.4 Å². The van der Waals surface area contributed by atoms with Gasteiger partial charge in [0.2, 0.25) is 17.7 Å². The van der Waals surface area contributed by atoms with E-state index < -0.39 is 0 Å². The van der Waals surface area contributed by atoms with Gasteiger partial charge in [0.1, 0.15) is 0 Å². The number of nitrogens with zero attached hydrogens (tertiary/aromatic N) is 1. The Bertz CT molecular complexity index is 854. The standard InChI is InChI=1S/C22H24N2O3/c1-11-3-4-12(2)17(9-11)23-18(25)7-8-24-21(26)19-13-5-6-14(16-10-15(13)16)20(19)22(24)27/h3-6,9,13-16,19-20H,7-8,10H2,1-2H3,(H,23,25)/t13-,14-,15-,16-,19+,20+/m0/s1. The molecule has 1 aromatic rings. The van der Waals surface area contributed by atoms with Gasteiger partial charge in [-0.3, -0.25) is 19.3 Å². The largest absolute Gasteiger partial charge is 0.326 e. The van der Waals surface area contributed by atoms with Gasteiger partial charge in [-0.25, -0.2) is 0 Å². The summed E-state index contributed by atoms with van der Waals surface area (Å²) in [5.74, 6) is 1.02. The summed E-state index contributed by atoms with van der Waals surface area (Å²) in [6, 6.07) is 5.90. The minimum Gasteiger partial charge on any atom is -0.326 e. The average Bonchev–Trinajstić information content (AvgIpc) is 3.42. The molecule has 27 heavy (non-hydrogen) atoms. The fourth-order valence-corrected chi connectivity index (χ4v) is 5.54. The Morgan fingerprint density at radius 2 is 1.70 bits per heavy atom. The van der Waals surface area contributed by atoms with Crippen LogP contribution in [0.4, 0.5) is 5.69 Å². The Hall–Kier alpha value is -2.43. The van der Waals surface area contributed by atoms with E-state index >= 15 is 0 Å². The van der Waals surface area contributed by atoms with Crippen LogP contribution in [-0.2, 0) is 14.4 Å². The van der Waals surface area contributed by atoms with Crippen molar-refractivity contribution in [2.75, 3.05) is 11.9 Å². The van der Waals surface area contributed by atoms with E-state index in [1.54, 1.807) is 0 Å². The number of likely N-dealkylation sites (tertiary alicyclic amines) is 1. The Labute approximate surface area is 158 Å². The average molecular weight is 364 g/mol. The highest BCUT2D eigenvalue weighted by molar-refractivity contribution is 6.06. The molecule has 1 heterocycles. The predicted molar refractivity (Wildman–Crippen MR) is 101 cm³/mol. The van der Waals surface area contributed by atoms with E-state index in [0.29, 0.717) is 11.8 Å². The van der Waals surface area contributed by atoms with E-state index in [9.17, 15) is 14.4 Å². The van der Waals surface area contributed by atoms with Gasteiger partial charge < -0.3 is 5.32 Å². The second kappa shape index (κ2) is 5.78. The van der Waals surface area contributed by atoms with Crippen LogP contribution in [0.1, 0.15) is 24.0 Å². The lowest BCUT2D eigenvalue weighted by molar-refractivity contribution is -0.140. The van der Waals surface area contributed by atoms with Crippen LogP contribution < -0.4 is 5.32 Å². The van der Waals surface area contributed by atoms with Gasteiger partial charge in [0.25, 0.3) is 0 Å². The van der Waals surface area contributed by atoms with Crippen molar-refractivity contribution in [2.24, 2.45) is 35.5 Å². The zero-order valence-corrected chi connectivity index (χ0v) is 15.6. The molecule has 2 saturated carbocycles. The number of anilines is 1. The molecular weight excluding hydrogens is 340 g/mol. The van der Waals surface area contributed by atoms with E-state index in [0.717, 1.165) is 23.2 Å². The highest BCUT2D eigenvalue weighted by Gasteiger charge is 2.66. The van der Waals surface area contributed by atoms with Gasteiger partial charge in [-0.1, -0.05) is 24.3 Å². The second-order valence-electron chi connectivity index (χ2n) is 8.60. The zero-order chi connectivity index (χ0) is 18.9. The van der Waals surface area contributed by atoms with Crippen molar-refractivity contribution in [3.63, 3.8) is 0 Å². The molecule has 140 valence electrons. The number of amides is 3. The Morgan fingerprint density at radius 1 is 1.07 bits per heavy atom. The molecule has 1 N–H and O–H groups in total. The quantitative estimate of drug-likeness (QED) is 0.660. The molecular formula is C22H24N2O3. The van der Waals surface area contributed by atoms with E-state index in [1.807, 2.05) is 32.0 Å². The van der Waals surface area contributed by atoms with Crippen molar-refractivity contribution in [3.8, 4) is 0 Å². The molecule has 1 aromatic carbocycles. The maximum atomic E-state index is 12.9. The van der Waals surface area contributed by atoms with Crippen molar-refractivity contribution in [3.05, 3.63) is 41.5 Å². The lowest BCUT2D eigenvalue weighted by Crippen LogP contribution is -2.40. The van der Waals surface area contributed by atoms with Gasteiger partial charge in [0.15, 0.2) is 0 Å². The summed E-state index contributed by atoms with van der Waals surface area (Å²) >= 11 is 0. The third-order valence-corrected chi connectivity index (χ3v) is 6.98. The zero-order valence-electron chi connectivity index (χ0n) is 15.6. The van der Waals surface area contributed by atoms with Gasteiger partial charge in [-0.15, -0.1) is 0 Å². The Morgan fingerprint density at radius 3 is 2.33 bits per heavy atom. The van der Waals surface area contributed by atoms with Crippen molar-refractivity contribution in [2.45, 2.75) is 26.7 Å². The van der Waals surface area contributed by atoms with E-state index in [-0.39, 0.29) is 54.4 Å². The molecule has 0 unspecified atom stereocenters. The van der Waals surface area contributed by atoms with Crippen molar-refractivity contribution < 1.29 is 14.4 Å². The summed E-state index contributed by atoms with van der Waals surface area (Å²) in [7, 11) is 0. The van der Waals surface area contributed by atoms with Gasteiger partial charge >= 0.3 is 0 Å². The minimum absolute atomic E-state index is 0.0609. The minimum atomic E-state index is -0.182. The number of aryl methyl sites for hydroxylation is 2. The predicted octanol–water partition coefficient (Wildman–Crippen LogP) is 2.69. The summed E-state index contributed by atoms with van der Waals surface area (Å²) in [4.78, 5) is 39.6. The molecule has 0 radical (unpaired) electrons. The van der Waals surface area contributed by atoms with E-state index in [2.05, 4.69) is 17.5 Å². The number of benzene rings is 1. The topological polar surface area (TPSA) is 66.5 Å². The Balaban J connectivity index is 1.26. The Kier molecular flexibility index (Phi) is 3.58. The first-order valence-corrected chi connectivity index (χ1v) is 9.86. The molecule has 2 bridgehead atoms. The lowest BCUT2D eigenvalue weighted by Gasteiger charge is -2.37. The highest BCUT2D eigenvalue weighted by Crippen LogP contribution is 2.65. The van der Waals surface area contributed by atoms with Crippen LogP contribution in [0, 0.1) is 49.4 Å². The van der Waals surface area contributed by atoms with Crippen molar-refractivity contribution in [1.29, 1.82) is 0 Å². The molecule has 6 rings (SSSR count). The van der Waals surface area contributed by atoms with E-state index in [1.165, 1.54) is 4.90 Å². The van der Waals surface area contributed by atoms with E-state index in [4.69, 9.17) is 0 Å². The molecule has 5 aliphatic rings. The van der Waals surface area contributed by atoms with Crippen molar-refractivity contribution in [1.82, 2.24) is 4.90 Å². The number of carbonyl (C=O) groups excluding carboxylic acids is 3.